The molecule has 1 heterocycles. The van der Waals surface area contributed by atoms with Crippen LogP contribution in [0.1, 0.15) is 48.0 Å². The summed E-state index contributed by atoms with van der Waals surface area (Å²) in [6.07, 6.45) is 6.61. The van der Waals surface area contributed by atoms with Gasteiger partial charge in [-0.1, -0.05) is 25.0 Å². The summed E-state index contributed by atoms with van der Waals surface area (Å²) in [7, 11) is 0. The van der Waals surface area contributed by atoms with E-state index in [4.69, 9.17) is 4.65 Å². The predicted molar refractivity (Wildman–Crippen MR) is 90.7 cm³/mol. The molecule has 1 fully saturated rings. The van der Waals surface area contributed by atoms with Crippen molar-refractivity contribution in [1.29, 1.82) is 0 Å². The highest BCUT2D eigenvalue weighted by atomic mass is 16.6. The van der Waals surface area contributed by atoms with Gasteiger partial charge in [-0.3, -0.25) is 4.79 Å². The summed E-state index contributed by atoms with van der Waals surface area (Å²) in [5.41, 5.74) is 0.396. The van der Waals surface area contributed by atoms with E-state index < -0.39 is 18.7 Å². The summed E-state index contributed by atoms with van der Waals surface area (Å²) in [6.45, 7) is -3.39. The number of amides is 1. The molecule has 7 nitrogen and oxygen atoms in total. The number of fused-ring (bicyclic) bond motifs is 1. The van der Waals surface area contributed by atoms with Gasteiger partial charge in [0.25, 0.3) is 0 Å². The summed E-state index contributed by atoms with van der Waals surface area (Å²) < 4.78 is 5.19. The van der Waals surface area contributed by atoms with Gasteiger partial charge < -0.3 is 31.5 Å². The molecule has 0 unspecified atom stereocenters. The first-order chi connectivity index (χ1) is 11.9. The molecule has 1 amide bonds. The van der Waals surface area contributed by atoms with Crippen molar-refractivity contribution < 1.29 is 29.4 Å². The zero-order valence-corrected chi connectivity index (χ0v) is 13.9. The molecule has 0 radical (unpaired) electrons. The van der Waals surface area contributed by atoms with Gasteiger partial charge in [-0.05, 0) is 24.0 Å². The molecule has 1 aromatic rings. The van der Waals surface area contributed by atoms with E-state index in [-0.39, 0.29) is 23.6 Å². The minimum absolute atomic E-state index is 0.0479. The zero-order chi connectivity index (χ0) is 18.0. The Bertz CT molecular complexity index is 671. The summed E-state index contributed by atoms with van der Waals surface area (Å²) in [4.78, 5) is 23.5. The highest BCUT2D eigenvalue weighted by Crippen LogP contribution is 2.33. The smallest absolute Gasteiger partial charge is 0.452 e. The molecule has 0 spiro atoms. The van der Waals surface area contributed by atoms with Crippen molar-refractivity contribution in [2.75, 3.05) is 0 Å². The highest BCUT2D eigenvalue weighted by molar-refractivity contribution is 6.61. The Hall–Kier alpha value is -2.06. The molecule has 1 atom stereocenters. The standard InChI is InChI=1S/C17H22BNO6/c20-15(9-11-5-2-1-3-6-11)19-14-10-12-7-4-8-13(17(21)22)16(12)25-18(14,23)24/h1,4,7-8,11,14,23-24H,2-3,5-6,9-10H2,(H,19,20)(H,21,22)/q-2/t14-/m0/s1. The number of nitrogens with one attached hydrogen (secondary N) is 1. The second kappa shape index (κ2) is 7.05. The predicted octanol–water partition coefficient (Wildman–Crippen LogP) is 1.05. The number of rotatable bonds is 4. The van der Waals surface area contributed by atoms with Gasteiger partial charge in [0.05, 0.1) is 11.3 Å². The Balaban J connectivity index is 1.71. The maximum atomic E-state index is 12.3. The fraction of sp³-hybridized carbons (Fsp3) is 0.471. The van der Waals surface area contributed by atoms with Crippen molar-refractivity contribution in [2.45, 2.75) is 44.5 Å². The van der Waals surface area contributed by atoms with E-state index >= 15 is 0 Å². The van der Waals surface area contributed by atoms with Gasteiger partial charge in [0.2, 0.25) is 5.91 Å². The van der Waals surface area contributed by atoms with E-state index in [1.807, 2.05) is 0 Å². The number of carbonyl (C=O) groups is 2. The van der Waals surface area contributed by atoms with Crippen LogP contribution in [0.5, 0.6) is 5.75 Å². The van der Waals surface area contributed by atoms with E-state index in [0.717, 1.165) is 25.7 Å². The quantitative estimate of drug-likeness (QED) is 0.478. The van der Waals surface area contributed by atoms with Crippen LogP contribution in [0.4, 0.5) is 0 Å². The lowest BCUT2D eigenvalue weighted by Gasteiger charge is -2.44. The lowest BCUT2D eigenvalue weighted by atomic mass is 9.64. The fourth-order valence-corrected chi connectivity index (χ4v) is 3.59. The molecule has 2 aliphatic rings. The highest BCUT2D eigenvalue weighted by Gasteiger charge is 2.41. The van der Waals surface area contributed by atoms with Crippen LogP contribution < -0.4 is 9.97 Å². The molecule has 8 heteroatoms. The molecule has 1 aromatic carbocycles. The van der Waals surface area contributed by atoms with Gasteiger partial charge in [0, 0.05) is 12.4 Å². The van der Waals surface area contributed by atoms with Crippen molar-refractivity contribution in [3.05, 3.63) is 35.7 Å². The van der Waals surface area contributed by atoms with Crippen LogP contribution in [0.3, 0.4) is 0 Å². The maximum Gasteiger partial charge on any atom is 0.452 e. The Kier molecular flexibility index (Phi) is 5.01. The number of carbonyl (C=O) groups excluding carboxylic acids is 1. The van der Waals surface area contributed by atoms with Crippen LogP contribution in [-0.4, -0.2) is 39.7 Å². The molecule has 1 saturated carbocycles. The summed E-state index contributed by atoms with van der Waals surface area (Å²) in [5.74, 6) is -2.19. The monoisotopic (exact) mass is 347 g/mol. The van der Waals surface area contributed by atoms with Crippen molar-refractivity contribution in [3.63, 3.8) is 0 Å². The second-order valence-corrected chi connectivity index (χ2v) is 6.87. The van der Waals surface area contributed by atoms with E-state index in [1.54, 1.807) is 12.1 Å². The van der Waals surface area contributed by atoms with Gasteiger partial charge >= 0.3 is 12.7 Å². The molecule has 0 saturated heterocycles. The lowest BCUT2D eigenvalue weighted by molar-refractivity contribution is -0.122. The molecule has 1 aliphatic heterocycles. The van der Waals surface area contributed by atoms with E-state index in [1.165, 1.54) is 6.07 Å². The molecule has 25 heavy (non-hydrogen) atoms. The third kappa shape index (κ3) is 3.96. The van der Waals surface area contributed by atoms with Gasteiger partial charge in [-0.25, -0.2) is 4.79 Å². The topological polar surface area (TPSA) is 116 Å². The number of hydrogen-bond donors (Lipinski definition) is 4. The Morgan fingerprint density at radius 2 is 2.00 bits per heavy atom. The number of para-hydroxylation sites is 1. The van der Waals surface area contributed by atoms with E-state index in [0.29, 0.717) is 17.9 Å². The van der Waals surface area contributed by atoms with Crippen LogP contribution >= 0.6 is 0 Å². The normalized spacial score (nSPS) is 22.6. The fourth-order valence-electron chi connectivity index (χ4n) is 3.59. The number of aromatic carboxylic acids is 1. The summed E-state index contributed by atoms with van der Waals surface area (Å²) in [6, 6.07) is 4.56. The number of carboxylic acid groups (broad SMARTS) is 1. The lowest BCUT2D eigenvalue weighted by Crippen LogP contribution is -2.64. The van der Waals surface area contributed by atoms with Gasteiger partial charge in [-0.2, -0.15) is 12.8 Å². The minimum Gasteiger partial charge on any atom is -0.668 e. The molecule has 136 valence electrons. The van der Waals surface area contributed by atoms with Crippen LogP contribution in [0.15, 0.2) is 18.2 Å². The number of carboxylic acids is 1. The van der Waals surface area contributed by atoms with Gasteiger partial charge in [0.15, 0.2) is 0 Å². The van der Waals surface area contributed by atoms with Crippen LogP contribution in [0.25, 0.3) is 0 Å². The summed E-state index contributed by atoms with van der Waals surface area (Å²) in [5, 5.41) is 32.3. The van der Waals surface area contributed by atoms with Gasteiger partial charge in [-0.15, -0.1) is 0 Å². The van der Waals surface area contributed by atoms with E-state index in [2.05, 4.69) is 11.7 Å². The molecule has 0 aromatic heterocycles. The van der Waals surface area contributed by atoms with Crippen LogP contribution in [-0.2, 0) is 11.2 Å². The first kappa shape index (κ1) is 17.8. The Morgan fingerprint density at radius 3 is 2.68 bits per heavy atom. The minimum atomic E-state index is -3.39. The Labute approximate surface area is 146 Å². The Morgan fingerprint density at radius 1 is 1.28 bits per heavy atom. The SMILES string of the molecule is O=C(CC1CC[CH-]CC1)N[C@H]1Cc2cccc(C(=O)O)c2O[B-]1(O)O. The van der Waals surface area contributed by atoms with Crippen molar-refractivity contribution in [1.82, 2.24) is 5.32 Å². The molecule has 3 rings (SSSR count). The molecule has 0 bridgehead atoms. The average molecular weight is 347 g/mol. The van der Waals surface area contributed by atoms with Crippen LogP contribution in [0.2, 0.25) is 0 Å². The second-order valence-electron chi connectivity index (χ2n) is 6.87. The number of benzene rings is 1. The maximum absolute atomic E-state index is 12.3. The zero-order valence-electron chi connectivity index (χ0n) is 13.9. The van der Waals surface area contributed by atoms with Crippen molar-refractivity contribution in [3.8, 4) is 5.75 Å². The third-order valence-electron chi connectivity index (χ3n) is 4.96. The largest absolute Gasteiger partial charge is 0.668 e. The molecular formula is C17H22BNO6-2. The molecular weight excluding hydrogens is 325 g/mol. The van der Waals surface area contributed by atoms with Crippen molar-refractivity contribution >= 4 is 18.6 Å². The van der Waals surface area contributed by atoms with E-state index in [9.17, 15) is 24.7 Å². The van der Waals surface area contributed by atoms with Gasteiger partial charge in [0.1, 0.15) is 0 Å². The third-order valence-corrected chi connectivity index (χ3v) is 4.96. The van der Waals surface area contributed by atoms with Crippen molar-refractivity contribution in [2.24, 2.45) is 5.92 Å². The molecule has 4 N–H and O–H groups in total. The number of hydrogen-bond acceptors (Lipinski definition) is 5. The first-order valence-electron chi connectivity index (χ1n) is 8.61. The molecule has 1 aliphatic carbocycles. The van der Waals surface area contributed by atoms with Crippen LogP contribution in [0, 0.1) is 12.3 Å². The average Bonchev–Trinajstić information content (AvgIpc) is 2.55. The summed E-state index contributed by atoms with van der Waals surface area (Å²) >= 11 is 0. The first-order valence-corrected chi connectivity index (χ1v) is 8.61.